The highest BCUT2D eigenvalue weighted by Gasteiger charge is 2.36. The first-order chi connectivity index (χ1) is 13.1. The maximum absolute atomic E-state index is 12.2. The second kappa shape index (κ2) is 6.95. The Morgan fingerprint density at radius 2 is 2.07 bits per heavy atom. The van der Waals surface area contributed by atoms with E-state index in [-0.39, 0.29) is 30.1 Å². The van der Waals surface area contributed by atoms with Crippen LogP contribution in [-0.4, -0.2) is 48.5 Å². The van der Waals surface area contributed by atoms with Crippen molar-refractivity contribution in [3.05, 3.63) is 52.1 Å². The van der Waals surface area contributed by atoms with Crippen LogP contribution in [0.1, 0.15) is 24.0 Å². The molecule has 1 saturated heterocycles. The number of nitrogens with two attached hydrogens (primary N) is 1. The van der Waals surface area contributed by atoms with Gasteiger partial charge in [-0.25, -0.2) is 4.98 Å². The number of hydrogen-bond acceptors (Lipinski definition) is 7. The molecule has 0 spiro atoms. The van der Waals surface area contributed by atoms with Crippen LogP contribution in [0.2, 0.25) is 0 Å². The Hall–Kier alpha value is -3.01. The van der Waals surface area contributed by atoms with Crippen molar-refractivity contribution >= 4 is 29.3 Å². The average molecular weight is 369 g/mol. The molecule has 140 valence electrons. The molecule has 4 rings (SSSR count). The average Bonchev–Trinajstić information content (AvgIpc) is 3.20. The van der Waals surface area contributed by atoms with Crippen molar-refractivity contribution in [3.63, 3.8) is 0 Å². The molecule has 1 fully saturated rings. The molecule has 5 N–H and O–H groups in total. The standard InChI is InChI=1S/C18H19N5O4/c19-18-21-16-15(17(26)22-18)20-13(7-6-10-4-2-1-3-5-10)23(16)14-8-11(25)12(9-24)27-14/h1-7,11-12,14,24-25H,8-9H2,(H3,19,21,22,26)/b7-6+. The molecule has 1 aliphatic rings. The molecule has 1 aliphatic heterocycles. The molecule has 1 aromatic carbocycles. The number of H-pyrrole nitrogens is 1. The SMILES string of the molecule is Nc1nc2c(nc(/C=C/c3ccccc3)n2C2CC(O)C(CO)O2)c(=O)[nH]1. The van der Waals surface area contributed by atoms with Crippen LogP contribution in [0.4, 0.5) is 5.95 Å². The lowest BCUT2D eigenvalue weighted by atomic mass is 10.2. The van der Waals surface area contributed by atoms with Crippen LogP contribution in [0.25, 0.3) is 23.3 Å². The molecule has 9 nitrogen and oxygen atoms in total. The highest BCUT2D eigenvalue weighted by Crippen LogP contribution is 2.32. The number of benzene rings is 1. The summed E-state index contributed by atoms with van der Waals surface area (Å²) in [6.07, 6.45) is 1.66. The van der Waals surface area contributed by atoms with E-state index in [2.05, 4.69) is 15.0 Å². The van der Waals surface area contributed by atoms with E-state index in [4.69, 9.17) is 10.5 Å². The van der Waals surface area contributed by atoms with Crippen LogP contribution in [0, 0.1) is 0 Å². The largest absolute Gasteiger partial charge is 0.394 e. The molecule has 0 saturated carbocycles. The van der Waals surface area contributed by atoms with Crippen molar-refractivity contribution in [1.29, 1.82) is 0 Å². The summed E-state index contributed by atoms with van der Waals surface area (Å²) in [5, 5.41) is 19.4. The first-order valence-electron chi connectivity index (χ1n) is 8.52. The van der Waals surface area contributed by atoms with Gasteiger partial charge >= 0.3 is 0 Å². The Morgan fingerprint density at radius 1 is 1.30 bits per heavy atom. The van der Waals surface area contributed by atoms with Crippen LogP contribution in [-0.2, 0) is 4.74 Å². The zero-order chi connectivity index (χ0) is 19.0. The number of hydrogen-bond donors (Lipinski definition) is 4. The summed E-state index contributed by atoms with van der Waals surface area (Å²) >= 11 is 0. The minimum atomic E-state index is -0.831. The van der Waals surface area contributed by atoms with Gasteiger partial charge in [0.15, 0.2) is 11.2 Å². The van der Waals surface area contributed by atoms with E-state index in [1.54, 1.807) is 10.6 Å². The summed E-state index contributed by atoms with van der Waals surface area (Å²) in [5.74, 6) is 0.401. The number of aromatic amines is 1. The fraction of sp³-hybridized carbons (Fsp3) is 0.278. The first-order valence-corrected chi connectivity index (χ1v) is 8.52. The zero-order valence-electron chi connectivity index (χ0n) is 14.3. The van der Waals surface area contributed by atoms with Gasteiger partial charge in [0.1, 0.15) is 18.2 Å². The number of nitrogen functional groups attached to an aromatic ring is 1. The number of anilines is 1. The second-order valence-electron chi connectivity index (χ2n) is 6.32. The van der Waals surface area contributed by atoms with Gasteiger partial charge in [0.2, 0.25) is 5.95 Å². The number of aromatic nitrogens is 4. The zero-order valence-corrected chi connectivity index (χ0v) is 14.3. The fourth-order valence-electron chi connectivity index (χ4n) is 3.19. The van der Waals surface area contributed by atoms with Gasteiger partial charge in [-0.1, -0.05) is 36.4 Å². The molecule has 0 bridgehead atoms. The Kier molecular flexibility index (Phi) is 4.48. The lowest BCUT2D eigenvalue weighted by Crippen LogP contribution is -2.24. The molecule has 0 amide bonds. The molecular formula is C18H19N5O4. The third-order valence-corrected chi connectivity index (χ3v) is 4.49. The number of aliphatic hydroxyl groups excluding tert-OH is 2. The van der Waals surface area contributed by atoms with Crippen molar-refractivity contribution in [1.82, 2.24) is 19.5 Å². The third-order valence-electron chi connectivity index (χ3n) is 4.49. The fourth-order valence-corrected chi connectivity index (χ4v) is 3.19. The lowest BCUT2D eigenvalue weighted by Gasteiger charge is -2.15. The minimum Gasteiger partial charge on any atom is -0.394 e. The number of imidazole rings is 1. The first kappa shape index (κ1) is 17.4. The van der Waals surface area contributed by atoms with Gasteiger partial charge in [0.25, 0.3) is 5.56 Å². The van der Waals surface area contributed by atoms with Crippen molar-refractivity contribution in [3.8, 4) is 0 Å². The maximum atomic E-state index is 12.2. The molecule has 0 radical (unpaired) electrons. The number of nitrogens with zero attached hydrogens (tertiary/aromatic N) is 3. The molecule has 27 heavy (non-hydrogen) atoms. The normalized spacial score (nSPS) is 22.8. The Labute approximate surface area is 153 Å². The quantitative estimate of drug-likeness (QED) is 0.525. The summed E-state index contributed by atoms with van der Waals surface area (Å²) in [7, 11) is 0. The monoisotopic (exact) mass is 369 g/mol. The molecule has 3 heterocycles. The van der Waals surface area contributed by atoms with E-state index in [1.165, 1.54) is 0 Å². The number of aliphatic hydroxyl groups is 2. The number of nitrogens with one attached hydrogen (secondary N) is 1. The maximum Gasteiger partial charge on any atom is 0.280 e. The molecular weight excluding hydrogens is 350 g/mol. The molecule has 3 unspecified atom stereocenters. The summed E-state index contributed by atoms with van der Waals surface area (Å²) in [6.45, 7) is -0.310. The number of rotatable bonds is 4. The van der Waals surface area contributed by atoms with Gasteiger partial charge < -0.3 is 20.7 Å². The minimum absolute atomic E-state index is 0.0375. The van der Waals surface area contributed by atoms with E-state index < -0.39 is 24.0 Å². The molecule has 2 aromatic heterocycles. The van der Waals surface area contributed by atoms with Gasteiger partial charge in [-0.3, -0.25) is 14.3 Å². The van der Waals surface area contributed by atoms with Crippen LogP contribution in [0.15, 0.2) is 35.1 Å². The second-order valence-corrected chi connectivity index (χ2v) is 6.32. The van der Waals surface area contributed by atoms with Crippen LogP contribution in [0.3, 0.4) is 0 Å². The number of fused-ring (bicyclic) bond motifs is 1. The van der Waals surface area contributed by atoms with Crippen molar-refractivity contribution in [2.75, 3.05) is 12.3 Å². The summed E-state index contributed by atoms with van der Waals surface area (Å²) < 4.78 is 7.37. The van der Waals surface area contributed by atoms with Gasteiger partial charge in [0, 0.05) is 6.42 Å². The van der Waals surface area contributed by atoms with Crippen molar-refractivity contribution in [2.24, 2.45) is 0 Å². The van der Waals surface area contributed by atoms with Gasteiger partial charge in [0.05, 0.1) is 12.7 Å². The molecule has 9 heteroatoms. The summed E-state index contributed by atoms with van der Waals surface area (Å²) in [5.41, 5.74) is 6.58. The van der Waals surface area contributed by atoms with E-state index in [1.807, 2.05) is 36.4 Å². The van der Waals surface area contributed by atoms with Crippen molar-refractivity contribution < 1.29 is 14.9 Å². The van der Waals surface area contributed by atoms with Crippen molar-refractivity contribution in [2.45, 2.75) is 24.9 Å². The predicted octanol–water partition coefficient (Wildman–Crippen LogP) is 0.513. The van der Waals surface area contributed by atoms with Gasteiger partial charge in [-0.15, -0.1) is 0 Å². The number of ether oxygens (including phenoxy) is 1. The Balaban J connectivity index is 1.84. The van der Waals surface area contributed by atoms with Crippen LogP contribution >= 0.6 is 0 Å². The smallest absolute Gasteiger partial charge is 0.280 e. The predicted molar refractivity (Wildman–Crippen MR) is 99.6 cm³/mol. The van der Waals surface area contributed by atoms with Crippen LogP contribution in [0.5, 0.6) is 0 Å². The summed E-state index contributed by atoms with van der Waals surface area (Å²) in [6, 6.07) is 9.62. The van der Waals surface area contributed by atoms with E-state index in [0.717, 1.165) is 5.56 Å². The third kappa shape index (κ3) is 3.23. The Morgan fingerprint density at radius 3 is 2.78 bits per heavy atom. The molecule has 0 aliphatic carbocycles. The van der Waals surface area contributed by atoms with Gasteiger partial charge in [-0.2, -0.15) is 4.98 Å². The van der Waals surface area contributed by atoms with E-state index >= 15 is 0 Å². The van der Waals surface area contributed by atoms with E-state index in [0.29, 0.717) is 5.82 Å². The molecule has 3 aromatic rings. The topological polar surface area (TPSA) is 139 Å². The van der Waals surface area contributed by atoms with Crippen LogP contribution < -0.4 is 11.3 Å². The Bertz CT molecular complexity index is 1040. The summed E-state index contributed by atoms with van der Waals surface area (Å²) in [4.78, 5) is 23.2. The highest BCUT2D eigenvalue weighted by atomic mass is 16.5. The van der Waals surface area contributed by atoms with Gasteiger partial charge in [-0.05, 0) is 11.6 Å². The highest BCUT2D eigenvalue weighted by molar-refractivity contribution is 5.77. The molecule has 3 atom stereocenters. The van der Waals surface area contributed by atoms with E-state index in [9.17, 15) is 15.0 Å². The lowest BCUT2D eigenvalue weighted by molar-refractivity contribution is -0.0433.